The predicted molar refractivity (Wildman–Crippen MR) is 287 cm³/mol. The van der Waals surface area contributed by atoms with Crippen LogP contribution in [0.4, 0.5) is 71.1 Å². The number of aryl methyl sites for hydroxylation is 2. The highest BCUT2D eigenvalue weighted by Gasteiger charge is 2.55. The number of amides is 4. The van der Waals surface area contributed by atoms with Gasteiger partial charge < -0.3 is 29.1 Å². The van der Waals surface area contributed by atoms with E-state index in [-0.39, 0.29) is 36.3 Å². The van der Waals surface area contributed by atoms with Crippen LogP contribution < -0.4 is 10.6 Å². The molecule has 0 radical (unpaired) electrons. The zero-order valence-corrected chi connectivity index (χ0v) is 48.8. The Labute approximate surface area is 488 Å². The van der Waals surface area contributed by atoms with Crippen molar-refractivity contribution in [2.45, 2.75) is 164 Å². The van der Waals surface area contributed by atoms with Crippen molar-refractivity contribution in [3.05, 3.63) is 140 Å². The zero-order valence-electron chi connectivity index (χ0n) is 48.8. The van der Waals surface area contributed by atoms with Gasteiger partial charge in [0.05, 0.1) is 60.6 Å². The van der Waals surface area contributed by atoms with E-state index in [9.17, 15) is 80.6 Å². The van der Waals surface area contributed by atoms with Gasteiger partial charge in [0.2, 0.25) is 0 Å². The molecule has 0 unspecified atom stereocenters. The first-order chi connectivity index (χ1) is 39.6. The second-order valence-corrected chi connectivity index (χ2v) is 23.6. The molecule has 0 bridgehead atoms. The third-order valence-electron chi connectivity index (χ3n) is 17.8. The predicted octanol–water partition coefficient (Wildman–Crippen LogP) is 14.4. The molecular weight excluding hydrogens is 1170 g/mol. The largest absolute Gasteiger partial charge is 0.468 e. The number of urea groups is 2. The van der Waals surface area contributed by atoms with Crippen molar-refractivity contribution in [1.82, 2.24) is 30.2 Å². The molecule has 4 aromatic rings. The van der Waals surface area contributed by atoms with Crippen LogP contribution >= 0.6 is 0 Å². The Morgan fingerprint density at radius 2 is 0.814 bits per heavy atom. The summed E-state index contributed by atoms with van der Waals surface area (Å²) in [4.78, 5) is 58.2. The number of benzene rings is 4. The van der Waals surface area contributed by atoms with Gasteiger partial charge in [-0.05, 0) is 187 Å². The first-order valence-corrected chi connectivity index (χ1v) is 27.5. The molecule has 4 aliphatic rings. The van der Waals surface area contributed by atoms with Gasteiger partial charge in [0.15, 0.2) is 0 Å². The van der Waals surface area contributed by atoms with Crippen LogP contribution in [0, 0.1) is 25.5 Å². The van der Waals surface area contributed by atoms with Gasteiger partial charge in [-0.2, -0.15) is 52.7 Å². The van der Waals surface area contributed by atoms with Crippen LogP contribution in [0.1, 0.15) is 159 Å². The second kappa shape index (κ2) is 24.1. The second-order valence-electron chi connectivity index (χ2n) is 23.6. The van der Waals surface area contributed by atoms with Crippen molar-refractivity contribution in [1.29, 1.82) is 0 Å². The molecule has 0 aliphatic carbocycles. The van der Waals surface area contributed by atoms with Crippen molar-refractivity contribution in [2.24, 2.45) is 0 Å². The lowest BCUT2D eigenvalue weighted by Crippen LogP contribution is -2.59. The van der Waals surface area contributed by atoms with Crippen LogP contribution in [-0.4, -0.2) is 107 Å². The molecule has 2 spiro atoms. The SMILES string of the molecule is COC(=O)[C@@]1(C)CC[C@@]2(CCN(C(=O)N(C)[C@H](C)c3cc(C(F)(F)F)cc(C(F)(F)F)c3)[C@@H](c3ccc(F)cc3C)C2)N1.COC(=O)[C@]1(C)CC[C@@]2(CCN(C(=O)N(C)[C@H](C)c3cc(C(F)(F)F)cc(C(F)(F)F)c3)[C@@H](c3ccc(F)cc3C)C2)N1. The van der Waals surface area contributed by atoms with Gasteiger partial charge in [0, 0.05) is 38.3 Å². The Hall–Kier alpha value is -6.70. The number of nitrogens with one attached hydrogen (secondary N) is 2. The van der Waals surface area contributed by atoms with Crippen molar-refractivity contribution in [2.75, 3.05) is 41.4 Å². The number of carbonyl (C=O) groups excluding carboxylic acids is 4. The Morgan fingerprint density at radius 3 is 1.08 bits per heavy atom. The van der Waals surface area contributed by atoms with Gasteiger partial charge >= 0.3 is 48.7 Å². The van der Waals surface area contributed by atoms with E-state index in [0.717, 1.165) is 9.80 Å². The first kappa shape index (κ1) is 66.8. The molecule has 0 aromatic heterocycles. The van der Waals surface area contributed by atoms with Crippen molar-refractivity contribution in [3.63, 3.8) is 0 Å². The number of carbonyl (C=O) groups is 4. The molecule has 8 atom stereocenters. The maximum absolute atomic E-state index is 14.0. The minimum absolute atomic E-state index is 0.0478. The molecule has 0 saturated carbocycles. The van der Waals surface area contributed by atoms with Gasteiger partial charge in [-0.15, -0.1) is 0 Å². The topological polar surface area (TPSA) is 124 Å². The van der Waals surface area contributed by atoms with Crippen LogP contribution in [0.3, 0.4) is 0 Å². The first-order valence-electron chi connectivity index (χ1n) is 27.5. The van der Waals surface area contributed by atoms with Crippen molar-refractivity contribution >= 4 is 24.0 Å². The Morgan fingerprint density at radius 1 is 0.512 bits per heavy atom. The molecule has 86 heavy (non-hydrogen) atoms. The van der Waals surface area contributed by atoms with Crippen LogP contribution in [0.25, 0.3) is 0 Å². The number of nitrogens with zero attached hydrogens (tertiary/aromatic N) is 4. The lowest BCUT2D eigenvalue weighted by Gasteiger charge is -2.48. The number of halogens is 14. The van der Waals surface area contributed by atoms with Crippen LogP contribution in [0.2, 0.25) is 0 Å². The fourth-order valence-electron chi connectivity index (χ4n) is 12.6. The third kappa shape index (κ3) is 14.0. The summed E-state index contributed by atoms with van der Waals surface area (Å²) in [5, 5.41) is 6.86. The number of ether oxygens (including phenoxy) is 2. The standard InChI is InChI=1S/2C30H34F7N3O3/c2*1-17-12-22(31)6-7-23(17)24-16-28(9-8-27(3,38-28)25(41)43-5)10-11-40(24)26(42)39(4)18(2)19-13-20(29(32,33)34)15-21(14-19)30(35,36)37/h2*6-7,12-15,18,24,38H,8-11,16H2,1-5H3/t18-,24-,27+,28+;18-,24-,27-,28+/m11/s1. The summed E-state index contributed by atoms with van der Waals surface area (Å²) >= 11 is 0. The van der Waals surface area contributed by atoms with Crippen LogP contribution in [0.15, 0.2) is 72.8 Å². The van der Waals surface area contributed by atoms with Gasteiger partial charge in [-0.25, -0.2) is 18.4 Å². The number of rotatable bonds is 8. The summed E-state index contributed by atoms with van der Waals surface area (Å²) in [5.74, 6) is -1.80. The number of likely N-dealkylation sites (tertiary alicyclic amines) is 2. The highest BCUT2D eigenvalue weighted by molar-refractivity contribution is 5.82. The van der Waals surface area contributed by atoms with Crippen molar-refractivity contribution in [3.8, 4) is 0 Å². The molecule has 8 rings (SSSR count). The Bertz CT molecular complexity index is 2940. The highest BCUT2D eigenvalue weighted by atomic mass is 19.4. The molecule has 4 saturated heterocycles. The highest BCUT2D eigenvalue weighted by Crippen LogP contribution is 2.49. The third-order valence-corrected chi connectivity index (χ3v) is 17.8. The smallest absolute Gasteiger partial charge is 0.416 e. The minimum Gasteiger partial charge on any atom is -0.468 e. The lowest BCUT2D eigenvalue weighted by molar-refractivity contribution is -0.148. The fraction of sp³-hybridized carbons (Fsp3) is 0.533. The Kier molecular flexibility index (Phi) is 18.7. The van der Waals surface area contributed by atoms with Crippen molar-refractivity contribution < 1.29 is 90.1 Å². The molecule has 12 nitrogen and oxygen atoms in total. The summed E-state index contributed by atoms with van der Waals surface area (Å²) in [6.45, 7) is 9.91. The van der Waals surface area contributed by atoms with Gasteiger partial charge in [-0.1, -0.05) is 12.1 Å². The van der Waals surface area contributed by atoms with E-state index < -0.39 is 129 Å². The average molecular weight is 1240 g/mol. The molecule has 26 heteroatoms. The molecule has 4 heterocycles. The molecule has 4 aliphatic heterocycles. The number of esters is 2. The van der Waals surface area contributed by atoms with E-state index in [0.29, 0.717) is 97.9 Å². The summed E-state index contributed by atoms with van der Waals surface area (Å²) < 4.78 is 200. The summed E-state index contributed by atoms with van der Waals surface area (Å²) in [7, 11) is 5.24. The number of methoxy groups -OCH3 is 2. The maximum Gasteiger partial charge on any atom is 0.416 e. The number of hydrogen-bond acceptors (Lipinski definition) is 8. The Balaban J connectivity index is 0.000000246. The molecule has 4 amide bonds. The summed E-state index contributed by atoms with van der Waals surface area (Å²) in [6.07, 6.45) is -16.5. The van der Waals surface area contributed by atoms with E-state index in [4.69, 9.17) is 9.47 Å². The lowest BCUT2D eigenvalue weighted by atomic mass is 9.79. The monoisotopic (exact) mass is 1230 g/mol. The molecular formula is C60H68F14N6O6. The van der Waals surface area contributed by atoms with Gasteiger partial charge in [-0.3, -0.25) is 20.2 Å². The zero-order chi connectivity index (χ0) is 64.2. The minimum atomic E-state index is -5.03. The van der Waals surface area contributed by atoms with E-state index in [1.165, 1.54) is 76.2 Å². The molecule has 2 N–H and O–H groups in total. The number of alkyl halides is 12. The van der Waals surface area contributed by atoms with E-state index in [1.54, 1.807) is 39.8 Å². The molecule has 4 aromatic carbocycles. The fourth-order valence-corrected chi connectivity index (χ4v) is 12.6. The molecule has 472 valence electrons. The van der Waals surface area contributed by atoms with Crippen LogP contribution in [0.5, 0.6) is 0 Å². The van der Waals surface area contributed by atoms with Crippen LogP contribution in [-0.2, 0) is 43.8 Å². The van der Waals surface area contributed by atoms with E-state index in [1.807, 2.05) is 0 Å². The van der Waals surface area contributed by atoms with Gasteiger partial charge in [0.1, 0.15) is 22.7 Å². The normalized spacial score (nSPS) is 25.1. The number of piperidine rings is 2. The van der Waals surface area contributed by atoms with Gasteiger partial charge in [0.25, 0.3) is 0 Å². The summed E-state index contributed by atoms with van der Waals surface area (Å²) in [5.41, 5.74) is -7.15. The van der Waals surface area contributed by atoms with E-state index in [2.05, 4.69) is 10.6 Å². The molecule has 4 fully saturated rings. The average Bonchev–Trinajstić information content (AvgIpc) is 1.57. The summed E-state index contributed by atoms with van der Waals surface area (Å²) in [6, 6.07) is 6.07. The van der Waals surface area contributed by atoms with E-state index >= 15 is 0 Å². The number of hydrogen-bond donors (Lipinski definition) is 2. The maximum atomic E-state index is 14.0. The quantitative estimate of drug-likeness (QED) is 0.132.